The maximum atomic E-state index is 5.68. The Bertz CT molecular complexity index is 547. The van der Waals surface area contributed by atoms with Gasteiger partial charge in [0.15, 0.2) is 0 Å². The number of nitrogens with zero attached hydrogens (tertiary/aromatic N) is 5. The van der Waals surface area contributed by atoms with E-state index in [2.05, 4.69) is 20.4 Å². The van der Waals surface area contributed by atoms with Crippen molar-refractivity contribution in [2.24, 2.45) is 0 Å². The van der Waals surface area contributed by atoms with Crippen molar-refractivity contribution < 1.29 is 4.74 Å². The quantitative estimate of drug-likeness (QED) is 0.837. The molecule has 2 aromatic rings. The summed E-state index contributed by atoms with van der Waals surface area (Å²) in [6, 6.07) is 3.85. The monoisotopic (exact) mass is 259 g/mol. The molecule has 19 heavy (non-hydrogen) atoms. The third-order valence-electron chi connectivity index (χ3n) is 3.25. The molecule has 0 aliphatic carbocycles. The molecular formula is C13H17N5O. The summed E-state index contributed by atoms with van der Waals surface area (Å²) in [5.41, 5.74) is 1.90. The summed E-state index contributed by atoms with van der Waals surface area (Å²) in [6.45, 7) is 3.47. The summed E-state index contributed by atoms with van der Waals surface area (Å²) in [6.07, 6.45) is 5.43. The summed E-state index contributed by atoms with van der Waals surface area (Å²) in [7, 11) is 0. The van der Waals surface area contributed by atoms with Crippen molar-refractivity contribution in [2.75, 3.05) is 6.61 Å². The fourth-order valence-electron chi connectivity index (χ4n) is 2.25. The lowest BCUT2D eigenvalue weighted by molar-refractivity contribution is 0.00133. The van der Waals surface area contributed by atoms with Crippen molar-refractivity contribution in [3.05, 3.63) is 24.0 Å². The fraction of sp³-hybridized carbons (Fsp3) is 0.538. The predicted octanol–water partition coefficient (Wildman–Crippen LogP) is 1.61. The normalized spacial score (nSPS) is 19.5. The Morgan fingerprint density at radius 2 is 2.37 bits per heavy atom. The molecule has 1 aliphatic heterocycles. The van der Waals surface area contributed by atoms with Gasteiger partial charge in [0.25, 0.3) is 0 Å². The van der Waals surface area contributed by atoms with E-state index in [9.17, 15) is 0 Å². The lowest BCUT2D eigenvalue weighted by atomic mass is 10.1. The van der Waals surface area contributed by atoms with Gasteiger partial charge in [-0.05, 0) is 43.5 Å². The van der Waals surface area contributed by atoms with E-state index in [0.717, 1.165) is 30.7 Å². The highest BCUT2D eigenvalue weighted by atomic mass is 16.5. The highest BCUT2D eigenvalue weighted by molar-refractivity contribution is 5.53. The lowest BCUT2D eigenvalue weighted by Crippen LogP contribution is -2.25. The first-order valence-corrected chi connectivity index (χ1v) is 6.64. The lowest BCUT2D eigenvalue weighted by Gasteiger charge is -2.21. The first-order chi connectivity index (χ1) is 9.31. The number of rotatable bonds is 3. The maximum absolute atomic E-state index is 5.68. The molecule has 1 unspecified atom stereocenters. The summed E-state index contributed by atoms with van der Waals surface area (Å²) in [4.78, 5) is 5.79. The highest BCUT2D eigenvalue weighted by Gasteiger charge is 2.16. The van der Waals surface area contributed by atoms with Crippen LogP contribution < -0.4 is 0 Å². The van der Waals surface area contributed by atoms with Crippen LogP contribution in [0.3, 0.4) is 0 Å². The second kappa shape index (κ2) is 5.44. The first-order valence-electron chi connectivity index (χ1n) is 6.64. The summed E-state index contributed by atoms with van der Waals surface area (Å²) in [5, 5.41) is 12.6. The topological polar surface area (TPSA) is 65.7 Å². The SMILES string of the molecule is Cc1cc(-c2nnn(CC3CCCCO3)n2)ccn1. The number of hydrogen-bond donors (Lipinski definition) is 0. The van der Waals surface area contributed by atoms with Crippen molar-refractivity contribution in [3.63, 3.8) is 0 Å². The second-order valence-electron chi connectivity index (χ2n) is 4.84. The Morgan fingerprint density at radius 1 is 1.42 bits per heavy atom. The fourth-order valence-corrected chi connectivity index (χ4v) is 2.25. The maximum Gasteiger partial charge on any atom is 0.205 e. The van der Waals surface area contributed by atoms with Crippen molar-refractivity contribution >= 4 is 0 Å². The minimum absolute atomic E-state index is 0.218. The number of ether oxygens (including phenoxy) is 1. The Morgan fingerprint density at radius 3 is 3.16 bits per heavy atom. The molecule has 0 radical (unpaired) electrons. The third kappa shape index (κ3) is 2.96. The number of hydrogen-bond acceptors (Lipinski definition) is 5. The van der Waals surface area contributed by atoms with Crippen LogP contribution in [0.1, 0.15) is 25.0 Å². The van der Waals surface area contributed by atoms with E-state index in [1.165, 1.54) is 6.42 Å². The van der Waals surface area contributed by atoms with Gasteiger partial charge in [-0.15, -0.1) is 10.2 Å². The highest BCUT2D eigenvalue weighted by Crippen LogP contribution is 2.16. The molecule has 1 fully saturated rings. The Kier molecular flexibility index (Phi) is 3.50. The van der Waals surface area contributed by atoms with Crippen LogP contribution in [0.4, 0.5) is 0 Å². The zero-order valence-electron chi connectivity index (χ0n) is 11.0. The van der Waals surface area contributed by atoms with E-state index >= 15 is 0 Å². The average molecular weight is 259 g/mol. The van der Waals surface area contributed by atoms with Crippen LogP contribution in [0.25, 0.3) is 11.4 Å². The molecule has 1 saturated heterocycles. The van der Waals surface area contributed by atoms with Crippen molar-refractivity contribution in [3.8, 4) is 11.4 Å². The average Bonchev–Trinajstić information content (AvgIpc) is 2.88. The molecular weight excluding hydrogens is 242 g/mol. The molecule has 6 nitrogen and oxygen atoms in total. The molecule has 0 N–H and O–H groups in total. The standard InChI is InChI=1S/C13H17N5O/c1-10-8-11(5-6-14-10)13-15-17-18(16-13)9-12-4-2-3-7-19-12/h5-6,8,12H,2-4,7,9H2,1H3. The molecule has 2 aromatic heterocycles. The molecule has 0 aromatic carbocycles. The van der Waals surface area contributed by atoms with Crippen molar-refractivity contribution in [1.29, 1.82) is 0 Å². The number of aryl methyl sites for hydroxylation is 1. The first kappa shape index (κ1) is 12.2. The zero-order valence-corrected chi connectivity index (χ0v) is 11.0. The summed E-state index contributed by atoms with van der Waals surface area (Å²) < 4.78 is 5.68. The van der Waals surface area contributed by atoms with Crippen LogP contribution in [0, 0.1) is 6.92 Å². The molecule has 0 spiro atoms. The molecule has 0 bridgehead atoms. The largest absolute Gasteiger partial charge is 0.376 e. The Hall–Kier alpha value is -1.82. The van der Waals surface area contributed by atoms with E-state index in [4.69, 9.17) is 4.74 Å². The van der Waals surface area contributed by atoms with Gasteiger partial charge in [0.1, 0.15) is 0 Å². The van der Waals surface area contributed by atoms with Gasteiger partial charge in [0.2, 0.25) is 5.82 Å². The molecule has 3 heterocycles. The van der Waals surface area contributed by atoms with E-state index < -0.39 is 0 Å². The smallest absolute Gasteiger partial charge is 0.205 e. The van der Waals surface area contributed by atoms with E-state index in [-0.39, 0.29) is 6.10 Å². The second-order valence-corrected chi connectivity index (χ2v) is 4.84. The Balaban J connectivity index is 1.72. The number of pyridine rings is 1. The van der Waals surface area contributed by atoms with Crippen LogP contribution in [0.5, 0.6) is 0 Å². The van der Waals surface area contributed by atoms with Gasteiger partial charge >= 0.3 is 0 Å². The van der Waals surface area contributed by atoms with Crippen molar-refractivity contribution in [1.82, 2.24) is 25.2 Å². The van der Waals surface area contributed by atoms with Gasteiger partial charge < -0.3 is 4.74 Å². The molecule has 3 rings (SSSR count). The minimum Gasteiger partial charge on any atom is -0.376 e. The van der Waals surface area contributed by atoms with Crippen LogP contribution in [-0.2, 0) is 11.3 Å². The van der Waals surface area contributed by atoms with Crippen LogP contribution >= 0.6 is 0 Å². The summed E-state index contributed by atoms with van der Waals surface area (Å²) in [5.74, 6) is 0.640. The Labute approximate surface area is 111 Å². The van der Waals surface area contributed by atoms with E-state index in [1.54, 1.807) is 11.0 Å². The van der Waals surface area contributed by atoms with Crippen molar-refractivity contribution in [2.45, 2.75) is 38.8 Å². The van der Waals surface area contributed by atoms with Gasteiger partial charge in [-0.2, -0.15) is 4.80 Å². The van der Waals surface area contributed by atoms with Gasteiger partial charge in [-0.3, -0.25) is 4.98 Å². The third-order valence-corrected chi connectivity index (χ3v) is 3.25. The molecule has 1 aliphatic rings. The van der Waals surface area contributed by atoms with Gasteiger partial charge in [0, 0.05) is 24.1 Å². The summed E-state index contributed by atoms with van der Waals surface area (Å²) >= 11 is 0. The van der Waals surface area contributed by atoms with Gasteiger partial charge in [0.05, 0.1) is 12.6 Å². The predicted molar refractivity (Wildman–Crippen MR) is 69.4 cm³/mol. The molecule has 6 heteroatoms. The molecule has 100 valence electrons. The molecule has 0 amide bonds. The zero-order chi connectivity index (χ0) is 13.1. The van der Waals surface area contributed by atoms with Gasteiger partial charge in [-0.1, -0.05) is 0 Å². The number of tetrazole rings is 1. The van der Waals surface area contributed by atoms with E-state index in [0.29, 0.717) is 12.4 Å². The molecule has 1 atom stereocenters. The van der Waals surface area contributed by atoms with Crippen LogP contribution in [-0.4, -0.2) is 37.9 Å². The van der Waals surface area contributed by atoms with Gasteiger partial charge in [-0.25, -0.2) is 0 Å². The van der Waals surface area contributed by atoms with Crippen LogP contribution in [0.2, 0.25) is 0 Å². The minimum atomic E-state index is 0.218. The molecule has 0 saturated carbocycles. The number of aromatic nitrogens is 5. The van der Waals surface area contributed by atoms with E-state index in [1.807, 2.05) is 19.1 Å². The van der Waals surface area contributed by atoms with Crippen LogP contribution in [0.15, 0.2) is 18.3 Å².